The minimum atomic E-state index is -0.328. The lowest BCUT2D eigenvalue weighted by molar-refractivity contribution is -0.946. The second-order valence-electron chi connectivity index (χ2n) is 6.71. The van der Waals surface area contributed by atoms with Crippen LogP contribution in [0.25, 0.3) is 11.0 Å². The van der Waals surface area contributed by atoms with Crippen LogP contribution in [0.15, 0.2) is 44.2 Å². The Morgan fingerprint density at radius 3 is 2.96 bits per heavy atom. The first-order valence-electron chi connectivity index (χ1n) is 8.92. The Balaban J connectivity index is 1.77. The number of hydrogen-bond acceptors (Lipinski definition) is 4. The molecule has 1 atom stereocenters. The van der Waals surface area contributed by atoms with E-state index in [1.165, 1.54) is 0 Å². The van der Waals surface area contributed by atoms with Crippen molar-refractivity contribution < 1.29 is 18.5 Å². The van der Waals surface area contributed by atoms with E-state index in [1.54, 1.807) is 12.3 Å². The van der Waals surface area contributed by atoms with Crippen molar-refractivity contribution in [2.75, 3.05) is 6.73 Å². The molecule has 0 amide bonds. The minimum Gasteiger partial charge on any atom is -0.463 e. The zero-order valence-corrected chi connectivity index (χ0v) is 15.4. The van der Waals surface area contributed by atoms with Gasteiger partial charge in [-0.05, 0) is 36.6 Å². The molecule has 1 aliphatic heterocycles. The largest absolute Gasteiger partial charge is 0.463 e. The highest BCUT2D eigenvalue weighted by Crippen LogP contribution is 2.37. The number of furan rings is 1. The van der Waals surface area contributed by atoms with E-state index in [2.05, 4.69) is 6.92 Å². The molecule has 1 N–H and O–H groups in total. The average molecular weight is 375 g/mol. The summed E-state index contributed by atoms with van der Waals surface area (Å²) in [6, 6.07) is 7.26. The first-order chi connectivity index (χ1) is 12.7. The lowest BCUT2D eigenvalue weighted by atomic mass is 10.0. The number of hydrogen-bond donors (Lipinski definition) is 1. The number of unbranched alkanes of at least 4 members (excludes halogenated alkanes) is 1. The van der Waals surface area contributed by atoms with Gasteiger partial charge in [0.15, 0.2) is 17.1 Å². The summed E-state index contributed by atoms with van der Waals surface area (Å²) in [6.45, 7) is 3.97. The maximum atomic E-state index is 12.1. The second kappa shape index (κ2) is 7.17. The Morgan fingerprint density at radius 1 is 1.31 bits per heavy atom. The van der Waals surface area contributed by atoms with Gasteiger partial charge in [0.1, 0.15) is 13.1 Å². The van der Waals surface area contributed by atoms with Crippen LogP contribution in [-0.4, -0.2) is 6.73 Å². The Kier molecular flexibility index (Phi) is 4.74. The molecule has 1 aliphatic rings. The number of fused-ring (bicyclic) bond motifs is 3. The molecule has 0 spiro atoms. The summed E-state index contributed by atoms with van der Waals surface area (Å²) in [5.41, 5.74) is 2.11. The summed E-state index contributed by atoms with van der Waals surface area (Å²) in [4.78, 5) is 13.3. The molecule has 136 valence electrons. The van der Waals surface area contributed by atoms with Gasteiger partial charge in [-0.1, -0.05) is 24.9 Å². The first-order valence-corrected chi connectivity index (χ1v) is 9.30. The number of quaternary nitrogens is 1. The monoisotopic (exact) mass is 374 g/mol. The molecule has 5 nitrogen and oxygen atoms in total. The van der Waals surface area contributed by atoms with Crippen LogP contribution in [-0.2, 0) is 19.5 Å². The SMILES string of the molecule is CCCCc1cc(=O)oc2c3c(c(Cl)cc12)OC[NH+](Cc1ccco1)C3. The van der Waals surface area contributed by atoms with Gasteiger partial charge in [0.05, 0.1) is 16.8 Å². The van der Waals surface area contributed by atoms with Gasteiger partial charge in [-0.2, -0.15) is 0 Å². The van der Waals surface area contributed by atoms with Crippen LogP contribution in [0.1, 0.15) is 36.7 Å². The van der Waals surface area contributed by atoms with Crippen LogP contribution in [0.3, 0.4) is 0 Å². The van der Waals surface area contributed by atoms with E-state index in [-0.39, 0.29) is 5.63 Å². The molecule has 2 aromatic heterocycles. The van der Waals surface area contributed by atoms with Gasteiger partial charge in [-0.25, -0.2) is 4.79 Å². The molecule has 3 aromatic rings. The molecular formula is C20H21ClNO4+. The predicted molar refractivity (Wildman–Crippen MR) is 98.7 cm³/mol. The van der Waals surface area contributed by atoms with Gasteiger partial charge in [0.25, 0.3) is 0 Å². The lowest BCUT2D eigenvalue weighted by Gasteiger charge is -2.26. The summed E-state index contributed by atoms with van der Waals surface area (Å²) >= 11 is 6.48. The van der Waals surface area contributed by atoms with Crippen LogP contribution in [0.4, 0.5) is 0 Å². The third kappa shape index (κ3) is 3.24. The zero-order valence-electron chi connectivity index (χ0n) is 14.6. The second-order valence-corrected chi connectivity index (χ2v) is 7.12. The molecule has 1 aromatic carbocycles. The van der Waals surface area contributed by atoms with Crippen molar-refractivity contribution in [3.8, 4) is 5.75 Å². The molecule has 3 heterocycles. The molecular weight excluding hydrogens is 354 g/mol. The van der Waals surface area contributed by atoms with E-state index < -0.39 is 0 Å². The number of benzene rings is 1. The van der Waals surface area contributed by atoms with E-state index >= 15 is 0 Å². The quantitative estimate of drug-likeness (QED) is 0.696. The van der Waals surface area contributed by atoms with E-state index in [9.17, 15) is 4.79 Å². The van der Waals surface area contributed by atoms with E-state index in [1.807, 2.05) is 18.2 Å². The highest BCUT2D eigenvalue weighted by atomic mass is 35.5. The third-order valence-corrected chi connectivity index (χ3v) is 5.05. The molecule has 26 heavy (non-hydrogen) atoms. The Morgan fingerprint density at radius 2 is 2.19 bits per heavy atom. The number of halogens is 1. The molecule has 0 fully saturated rings. The topological polar surface area (TPSA) is 57.0 Å². The minimum absolute atomic E-state index is 0.328. The maximum absolute atomic E-state index is 12.1. The Hall–Kier alpha value is -2.24. The fraction of sp³-hybridized carbons (Fsp3) is 0.350. The molecule has 4 rings (SSSR count). The number of aryl methyl sites for hydroxylation is 1. The van der Waals surface area contributed by atoms with E-state index in [4.69, 9.17) is 25.2 Å². The summed E-state index contributed by atoms with van der Waals surface area (Å²) in [6.07, 6.45) is 4.57. The van der Waals surface area contributed by atoms with Crippen LogP contribution in [0, 0.1) is 0 Å². The van der Waals surface area contributed by atoms with Crippen molar-refractivity contribution in [1.29, 1.82) is 0 Å². The number of nitrogens with one attached hydrogen (secondary N) is 1. The smallest absolute Gasteiger partial charge is 0.336 e. The van der Waals surface area contributed by atoms with Gasteiger partial charge in [-0.3, -0.25) is 4.90 Å². The van der Waals surface area contributed by atoms with Gasteiger partial charge in [0, 0.05) is 11.5 Å². The van der Waals surface area contributed by atoms with Crippen LogP contribution >= 0.6 is 11.6 Å². The highest BCUT2D eigenvalue weighted by Gasteiger charge is 2.28. The summed E-state index contributed by atoms with van der Waals surface area (Å²) in [5.74, 6) is 1.52. The molecule has 0 bridgehead atoms. The first kappa shape index (κ1) is 17.2. The number of ether oxygens (including phenoxy) is 1. The Labute approximate surface area is 156 Å². The maximum Gasteiger partial charge on any atom is 0.336 e. The molecule has 6 heteroatoms. The van der Waals surface area contributed by atoms with Gasteiger partial charge in [-0.15, -0.1) is 0 Å². The highest BCUT2D eigenvalue weighted by molar-refractivity contribution is 6.33. The normalized spacial score (nSPS) is 16.5. The molecule has 0 saturated carbocycles. The fourth-order valence-corrected chi connectivity index (χ4v) is 3.79. The molecule has 0 saturated heterocycles. The van der Waals surface area contributed by atoms with E-state index in [0.717, 1.165) is 46.4 Å². The van der Waals surface area contributed by atoms with Gasteiger partial charge < -0.3 is 13.6 Å². The third-order valence-electron chi connectivity index (χ3n) is 4.77. The van der Waals surface area contributed by atoms with Crippen molar-refractivity contribution in [2.24, 2.45) is 0 Å². The van der Waals surface area contributed by atoms with Crippen molar-refractivity contribution in [3.05, 3.63) is 62.9 Å². The summed E-state index contributed by atoms with van der Waals surface area (Å²) in [7, 11) is 0. The van der Waals surface area contributed by atoms with Crippen molar-refractivity contribution in [2.45, 2.75) is 39.3 Å². The van der Waals surface area contributed by atoms with Crippen molar-refractivity contribution in [3.63, 3.8) is 0 Å². The molecule has 1 unspecified atom stereocenters. The van der Waals surface area contributed by atoms with Crippen LogP contribution in [0.5, 0.6) is 5.75 Å². The van der Waals surface area contributed by atoms with Crippen LogP contribution in [0.2, 0.25) is 5.02 Å². The zero-order chi connectivity index (χ0) is 18.1. The van der Waals surface area contributed by atoms with Gasteiger partial charge in [0.2, 0.25) is 6.73 Å². The van der Waals surface area contributed by atoms with Gasteiger partial charge >= 0.3 is 5.63 Å². The Bertz CT molecular complexity index is 978. The summed E-state index contributed by atoms with van der Waals surface area (Å²) in [5, 5.41) is 1.47. The molecule has 0 aliphatic carbocycles. The summed E-state index contributed by atoms with van der Waals surface area (Å²) < 4.78 is 16.9. The van der Waals surface area contributed by atoms with Crippen molar-refractivity contribution in [1.82, 2.24) is 0 Å². The van der Waals surface area contributed by atoms with E-state index in [0.29, 0.717) is 36.2 Å². The predicted octanol–water partition coefficient (Wildman–Crippen LogP) is 3.32. The average Bonchev–Trinajstić information content (AvgIpc) is 3.13. The standard InChI is InChI=1S/C20H20ClNO4/c1-2-3-5-13-8-18(23)26-19-15(13)9-17(21)20-16(19)11-22(12-25-20)10-14-6-4-7-24-14/h4,6-9H,2-3,5,10-12H2,1H3/p+1. The number of rotatable bonds is 5. The lowest BCUT2D eigenvalue weighted by Crippen LogP contribution is -3.10. The molecule has 0 radical (unpaired) electrons. The van der Waals surface area contributed by atoms with Crippen LogP contribution < -0.4 is 15.3 Å². The van der Waals surface area contributed by atoms with Crippen molar-refractivity contribution >= 4 is 22.6 Å². The fourth-order valence-electron chi connectivity index (χ4n) is 3.51.